The number of likely N-dealkylation sites (N-methyl/N-ethyl adjacent to an activating group) is 1. The van der Waals surface area contributed by atoms with E-state index < -0.39 is 28.5 Å². The average Bonchev–Trinajstić information content (AvgIpc) is 2.69. The summed E-state index contributed by atoms with van der Waals surface area (Å²) in [5, 5.41) is 2.55. The van der Waals surface area contributed by atoms with Gasteiger partial charge in [0.05, 0.1) is 11.9 Å². The lowest BCUT2D eigenvalue weighted by Gasteiger charge is -2.31. The third kappa shape index (κ3) is 6.06. The van der Waals surface area contributed by atoms with Gasteiger partial charge in [-0.2, -0.15) is 0 Å². The molecule has 0 saturated carbocycles. The molecule has 7 nitrogen and oxygen atoms in total. The topological polar surface area (TPSA) is 86.8 Å². The van der Waals surface area contributed by atoms with Crippen molar-refractivity contribution in [3.63, 3.8) is 0 Å². The maximum absolute atomic E-state index is 13.2. The standard InChI is InChI=1S/C22H29N3O4S/c1-16-9-11-20(12-10-16)25(30(5,28)29)15-21(26)24(18(3)22(27)23-4)14-19-8-6-7-17(2)13-19/h6-13,18H,14-15H2,1-5H3,(H,23,27). The van der Waals surface area contributed by atoms with Crippen LogP contribution in [0.25, 0.3) is 0 Å². The Hall–Kier alpha value is -2.87. The van der Waals surface area contributed by atoms with Crippen molar-refractivity contribution < 1.29 is 18.0 Å². The number of nitrogens with one attached hydrogen (secondary N) is 1. The Balaban J connectivity index is 2.36. The number of hydrogen-bond donors (Lipinski definition) is 1. The van der Waals surface area contributed by atoms with Crippen molar-refractivity contribution in [2.75, 3.05) is 24.2 Å². The molecule has 0 aliphatic rings. The number of hydrogen-bond acceptors (Lipinski definition) is 4. The molecule has 0 radical (unpaired) electrons. The van der Waals surface area contributed by atoms with E-state index in [0.717, 1.165) is 27.3 Å². The molecule has 0 spiro atoms. The summed E-state index contributed by atoms with van der Waals surface area (Å²) in [6, 6.07) is 13.8. The molecule has 2 rings (SSSR count). The average molecular weight is 432 g/mol. The number of aryl methyl sites for hydroxylation is 2. The van der Waals surface area contributed by atoms with E-state index in [2.05, 4.69) is 5.32 Å². The van der Waals surface area contributed by atoms with Crippen molar-refractivity contribution in [3.05, 3.63) is 65.2 Å². The first-order chi connectivity index (χ1) is 14.0. The number of benzene rings is 2. The molecule has 1 unspecified atom stereocenters. The molecule has 0 saturated heterocycles. The van der Waals surface area contributed by atoms with E-state index in [-0.39, 0.29) is 12.5 Å². The second-order valence-corrected chi connectivity index (χ2v) is 9.31. The van der Waals surface area contributed by atoms with Gasteiger partial charge >= 0.3 is 0 Å². The number of sulfonamides is 1. The van der Waals surface area contributed by atoms with Gasteiger partial charge < -0.3 is 10.2 Å². The van der Waals surface area contributed by atoms with Crippen LogP contribution in [0.5, 0.6) is 0 Å². The van der Waals surface area contributed by atoms with Crippen molar-refractivity contribution in [2.45, 2.75) is 33.4 Å². The molecule has 0 fully saturated rings. The second kappa shape index (κ2) is 9.75. The van der Waals surface area contributed by atoms with Crippen LogP contribution in [-0.2, 0) is 26.2 Å². The Bertz CT molecular complexity index is 1000. The molecule has 1 atom stereocenters. The fourth-order valence-electron chi connectivity index (χ4n) is 3.12. The summed E-state index contributed by atoms with van der Waals surface area (Å²) in [5.41, 5.74) is 3.28. The van der Waals surface area contributed by atoms with Crippen LogP contribution in [0.15, 0.2) is 48.5 Å². The van der Waals surface area contributed by atoms with Crippen LogP contribution >= 0.6 is 0 Å². The minimum Gasteiger partial charge on any atom is -0.357 e. The Morgan fingerprint density at radius 3 is 2.20 bits per heavy atom. The van der Waals surface area contributed by atoms with Crippen LogP contribution in [-0.4, -0.2) is 51.0 Å². The third-order valence-corrected chi connectivity index (χ3v) is 5.99. The zero-order valence-corrected chi connectivity index (χ0v) is 18.9. The molecule has 2 amide bonds. The number of carbonyl (C=O) groups excluding carboxylic acids is 2. The van der Waals surface area contributed by atoms with Crippen LogP contribution < -0.4 is 9.62 Å². The molecule has 1 N–H and O–H groups in total. The maximum atomic E-state index is 13.2. The Morgan fingerprint density at radius 1 is 1.03 bits per heavy atom. The Morgan fingerprint density at radius 2 is 1.67 bits per heavy atom. The predicted octanol–water partition coefficient (Wildman–Crippen LogP) is 2.23. The van der Waals surface area contributed by atoms with Gasteiger partial charge in [-0.15, -0.1) is 0 Å². The van der Waals surface area contributed by atoms with E-state index >= 15 is 0 Å². The van der Waals surface area contributed by atoms with Gasteiger partial charge in [-0.3, -0.25) is 13.9 Å². The van der Waals surface area contributed by atoms with Gasteiger partial charge in [0.1, 0.15) is 12.6 Å². The molecular weight excluding hydrogens is 402 g/mol. The lowest BCUT2D eigenvalue weighted by molar-refractivity contribution is -0.139. The van der Waals surface area contributed by atoms with Crippen molar-refractivity contribution >= 4 is 27.5 Å². The van der Waals surface area contributed by atoms with E-state index in [1.807, 2.05) is 38.1 Å². The summed E-state index contributed by atoms with van der Waals surface area (Å²) in [5.74, 6) is -0.782. The second-order valence-electron chi connectivity index (χ2n) is 7.41. The van der Waals surface area contributed by atoms with Gasteiger partial charge in [0.25, 0.3) is 0 Å². The molecule has 0 aliphatic carbocycles. The summed E-state index contributed by atoms with van der Waals surface area (Å²) in [7, 11) is -2.20. The van der Waals surface area contributed by atoms with Crippen LogP contribution in [0.1, 0.15) is 23.6 Å². The largest absolute Gasteiger partial charge is 0.357 e. The van der Waals surface area contributed by atoms with Crippen molar-refractivity contribution in [3.8, 4) is 0 Å². The van der Waals surface area contributed by atoms with E-state index in [0.29, 0.717) is 5.69 Å². The monoisotopic (exact) mass is 431 g/mol. The minimum atomic E-state index is -3.71. The molecule has 0 aliphatic heterocycles. The fourth-order valence-corrected chi connectivity index (χ4v) is 3.97. The fraction of sp³-hybridized carbons (Fsp3) is 0.364. The predicted molar refractivity (Wildman–Crippen MR) is 119 cm³/mol. The van der Waals surface area contributed by atoms with Crippen molar-refractivity contribution in [1.29, 1.82) is 0 Å². The van der Waals surface area contributed by atoms with Crippen LogP contribution in [0.3, 0.4) is 0 Å². The van der Waals surface area contributed by atoms with E-state index in [9.17, 15) is 18.0 Å². The van der Waals surface area contributed by atoms with E-state index in [1.165, 1.54) is 11.9 Å². The molecular formula is C22H29N3O4S. The Kier molecular flexibility index (Phi) is 7.61. The maximum Gasteiger partial charge on any atom is 0.244 e. The van der Waals surface area contributed by atoms with E-state index in [1.54, 1.807) is 31.2 Å². The van der Waals surface area contributed by atoms with Gasteiger partial charge in [0, 0.05) is 13.6 Å². The van der Waals surface area contributed by atoms with Gasteiger partial charge in [-0.1, -0.05) is 47.5 Å². The Labute approximate surface area is 178 Å². The summed E-state index contributed by atoms with van der Waals surface area (Å²) in [6.45, 7) is 5.27. The third-order valence-electron chi connectivity index (χ3n) is 4.85. The molecule has 0 heterocycles. The molecule has 30 heavy (non-hydrogen) atoms. The molecule has 8 heteroatoms. The highest BCUT2D eigenvalue weighted by Crippen LogP contribution is 2.19. The number of rotatable bonds is 8. The van der Waals surface area contributed by atoms with Gasteiger partial charge in [-0.25, -0.2) is 8.42 Å². The first-order valence-corrected chi connectivity index (χ1v) is 11.5. The molecule has 2 aromatic carbocycles. The quantitative estimate of drug-likeness (QED) is 0.694. The van der Waals surface area contributed by atoms with Crippen LogP contribution in [0, 0.1) is 13.8 Å². The number of carbonyl (C=O) groups is 2. The number of anilines is 1. The van der Waals surface area contributed by atoms with Crippen molar-refractivity contribution in [2.24, 2.45) is 0 Å². The molecule has 0 aromatic heterocycles. The normalized spacial score (nSPS) is 12.2. The smallest absolute Gasteiger partial charge is 0.244 e. The lowest BCUT2D eigenvalue weighted by Crippen LogP contribution is -2.50. The highest BCUT2D eigenvalue weighted by Gasteiger charge is 2.29. The summed E-state index contributed by atoms with van der Waals surface area (Å²) in [4.78, 5) is 26.9. The van der Waals surface area contributed by atoms with Crippen molar-refractivity contribution in [1.82, 2.24) is 10.2 Å². The number of nitrogens with zero attached hydrogens (tertiary/aromatic N) is 2. The minimum absolute atomic E-state index is 0.195. The molecule has 162 valence electrons. The molecule has 0 bridgehead atoms. The van der Waals surface area contributed by atoms with Crippen LogP contribution in [0.4, 0.5) is 5.69 Å². The van der Waals surface area contributed by atoms with E-state index in [4.69, 9.17) is 0 Å². The van der Waals surface area contributed by atoms with Gasteiger partial charge in [-0.05, 0) is 38.5 Å². The summed E-state index contributed by atoms with van der Waals surface area (Å²) >= 11 is 0. The highest BCUT2D eigenvalue weighted by atomic mass is 32.2. The van der Waals surface area contributed by atoms with Crippen LogP contribution in [0.2, 0.25) is 0 Å². The lowest BCUT2D eigenvalue weighted by atomic mass is 10.1. The van der Waals surface area contributed by atoms with Gasteiger partial charge in [0.2, 0.25) is 21.8 Å². The molecule has 2 aromatic rings. The zero-order chi connectivity index (χ0) is 22.5. The number of amides is 2. The summed E-state index contributed by atoms with van der Waals surface area (Å²) in [6.07, 6.45) is 1.06. The SMILES string of the molecule is CNC(=O)C(C)N(Cc1cccc(C)c1)C(=O)CN(c1ccc(C)cc1)S(C)(=O)=O. The highest BCUT2D eigenvalue weighted by molar-refractivity contribution is 7.92. The first kappa shape index (κ1) is 23.4. The van der Waals surface area contributed by atoms with Gasteiger partial charge in [0.15, 0.2) is 0 Å². The first-order valence-electron chi connectivity index (χ1n) is 9.64. The zero-order valence-electron chi connectivity index (χ0n) is 18.0. The summed E-state index contributed by atoms with van der Waals surface area (Å²) < 4.78 is 25.9.